The Hall–Kier alpha value is -0.130. The molecule has 1 aliphatic carbocycles. The minimum absolute atomic E-state index is 0.189. The molecule has 0 aromatic rings. The Morgan fingerprint density at radius 3 is 2.59 bits per heavy atom. The minimum Gasteiger partial charge on any atom is -0.316 e. The van der Waals surface area contributed by atoms with Gasteiger partial charge in [-0.15, -0.1) is 0 Å². The van der Waals surface area contributed by atoms with Gasteiger partial charge in [-0.05, 0) is 31.2 Å². The Labute approximate surface area is 106 Å². The highest BCUT2D eigenvalue weighted by atomic mass is 32.2. The lowest BCUT2D eigenvalue weighted by Gasteiger charge is -2.16. The summed E-state index contributed by atoms with van der Waals surface area (Å²) in [5, 5.41) is 3.11. The molecule has 0 bridgehead atoms. The Kier molecular flexibility index (Phi) is 6.44. The standard InChI is InChI=1S/C12H26N2O2S/c1-3-7-13-8-9-17(15,16)14-10-12-6-4-5-11(12)2/h11-14H,3-10H2,1-2H3. The molecule has 1 fully saturated rings. The van der Waals surface area contributed by atoms with Crippen LogP contribution in [0.15, 0.2) is 0 Å². The van der Waals surface area contributed by atoms with Crippen molar-refractivity contribution in [3.63, 3.8) is 0 Å². The molecular formula is C12H26N2O2S. The topological polar surface area (TPSA) is 58.2 Å². The third-order valence-corrected chi connectivity index (χ3v) is 4.93. The van der Waals surface area contributed by atoms with Gasteiger partial charge in [-0.3, -0.25) is 0 Å². The van der Waals surface area contributed by atoms with Gasteiger partial charge in [-0.2, -0.15) is 0 Å². The van der Waals surface area contributed by atoms with Crippen molar-refractivity contribution in [2.24, 2.45) is 11.8 Å². The van der Waals surface area contributed by atoms with Gasteiger partial charge in [0, 0.05) is 13.1 Å². The third-order valence-electron chi connectivity index (χ3n) is 3.58. The second-order valence-corrected chi connectivity index (χ2v) is 7.01. The Morgan fingerprint density at radius 2 is 2.00 bits per heavy atom. The highest BCUT2D eigenvalue weighted by molar-refractivity contribution is 7.89. The second kappa shape index (κ2) is 7.34. The van der Waals surface area contributed by atoms with Crippen molar-refractivity contribution >= 4 is 10.0 Å². The average molecular weight is 262 g/mol. The smallest absolute Gasteiger partial charge is 0.212 e. The van der Waals surface area contributed by atoms with Crippen LogP contribution >= 0.6 is 0 Å². The second-order valence-electron chi connectivity index (χ2n) is 5.09. The molecule has 0 spiro atoms. The lowest BCUT2D eigenvalue weighted by molar-refractivity contribution is 0.414. The Bertz CT molecular complexity index is 304. The van der Waals surface area contributed by atoms with Crippen molar-refractivity contribution in [1.29, 1.82) is 0 Å². The largest absolute Gasteiger partial charge is 0.316 e. The van der Waals surface area contributed by atoms with Crippen molar-refractivity contribution in [2.75, 3.05) is 25.4 Å². The van der Waals surface area contributed by atoms with E-state index in [1.807, 2.05) is 0 Å². The van der Waals surface area contributed by atoms with Gasteiger partial charge in [0.25, 0.3) is 0 Å². The zero-order valence-electron chi connectivity index (χ0n) is 11.0. The van der Waals surface area contributed by atoms with Crippen molar-refractivity contribution in [2.45, 2.75) is 39.5 Å². The molecule has 0 aromatic carbocycles. The summed E-state index contributed by atoms with van der Waals surface area (Å²) in [5.74, 6) is 1.39. The molecule has 1 saturated carbocycles. The van der Waals surface area contributed by atoms with Crippen LogP contribution in [0.4, 0.5) is 0 Å². The van der Waals surface area contributed by atoms with Crippen LogP contribution in [0.5, 0.6) is 0 Å². The molecular weight excluding hydrogens is 236 g/mol. The minimum atomic E-state index is -3.09. The van der Waals surface area contributed by atoms with E-state index in [2.05, 4.69) is 23.9 Å². The van der Waals surface area contributed by atoms with Gasteiger partial charge in [0.15, 0.2) is 0 Å². The quantitative estimate of drug-likeness (QED) is 0.649. The number of rotatable bonds is 8. The molecule has 102 valence electrons. The maximum atomic E-state index is 11.7. The Morgan fingerprint density at radius 1 is 1.24 bits per heavy atom. The first-order chi connectivity index (χ1) is 8.05. The number of sulfonamides is 1. The van der Waals surface area contributed by atoms with E-state index in [-0.39, 0.29) is 5.75 Å². The van der Waals surface area contributed by atoms with E-state index in [4.69, 9.17) is 0 Å². The summed E-state index contributed by atoms with van der Waals surface area (Å²) in [6.45, 7) is 6.34. The summed E-state index contributed by atoms with van der Waals surface area (Å²) >= 11 is 0. The van der Waals surface area contributed by atoms with Crippen molar-refractivity contribution in [3.8, 4) is 0 Å². The number of nitrogens with one attached hydrogen (secondary N) is 2. The van der Waals surface area contributed by atoms with Crippen LogP contribution in [0, 0.1) is 11.8 Å². The summed E-state index contributed by atoms with van der Waals surface area (Å²) in [4.78, 5) is 0. The van der Waals surface area contributed by atoms with E-state index in [1.165, 1.54) is 12.8 Å². The van der Waals surface area contributed by atoms with Gasteiger partial charge in [0.1, 0.15) is 0 Å². The summed E-state index contributed by atoms with van der Waals surface area (Å²) in [7, 11) is -3.09. The first-order valence-corrected chi connectivity index (χ1v) is 8.38. The van der Waals surface area contributed by atoms with Gasteiger partial charge in [0.2, 0.25) is 10.0 Å². The monoisotopic (exact) mass is 262 g/mol. The molecule has 0 radical (unpaired) electrons. The van der Waals surface area contributed by atoms with E-state index in [0.29, 0.717) is 24.9 Å². The maximum Gasteiger partial charge on any atom is 0.212 e. The van der Waals surface area contributed by atoms with Gasteiger partial charge >= 0.3 is 0 Å². The van der Waals surface area contributed by atoms with Crippen LogP contribution < -0.4 is 10.0 Å². The lowest BCUT2D eigenvalue weighted by Crippen LogP contribution is -2.35. The molecule has 0 aromatic heterocycles. The molecule has 0 aliphatic heterocycles. The summed E-state index contributed by atoms with van der Waals surface area (Å²) in [6.07, 6.45) is 4.68. The Balaban J connectivity index is 2.19. The van der Waals surface area contributed by atoms with E-state index in [1.54, 1.807) is 0 Å². The van der Waals surface area contributed by atoms with Crippen LogP contribution in [0.25, 0.3) is 0 Å². The fraction of sp³-hybridized carbons (Fsp3) is 1.00. The maximum absolute atomic E-state index is 11.7. The van der Waals surface area contributed by atoms with Crippen molar-refractivity contribution in [3.05, 3.63) is 0 Å². The molecule has 0 heterocycles. The molecule has 0 amide bonds. The molecule has 1 aliphatic rings. The predicted octanol–water partition coefficient (Wildman–Crippen LogP) is 1.34. The van der Waals surface area contributed by atoms with Crippen LogP contribution in [-0.4, -0.2) is 33.8 Å². The van der Waals surface area contributed by atoms with Crippen LogP contribution in [0.2, 0.25) is 0 Å². The molecule has 2 atom stereocenters. The highest BCUT2D eigenvalue weighted by Gasteiger charge is 2.24. The first kappa shape index (κ1) is 14.9. The van der Waals surface area contributed by atoms with Crippen LogP contribution in [0.3, 0.4) is 0 Å². The third kappa shape index (κ3) is 5.84. The van der Waals surface area contributed by atoms with E-state index < -0.39 is 10.0 Å². The zero-order valence-corrected chi connectivity index (χ0v) is 11.9. The zero-order chi connectivity index (χ0) is 12.7. The SMILES string of the molecule is CCCNCCS(=O)(=O)NCC1CCCC1C. The molecule has 0 saturated heterocycles. The molecule has 2 N–H and O–H groups in total. The fourth-order valence-corrected chi connectivity index (χ4v) is 3.37. The van der Waals surface area contributed by atoms with Gasteiger partial charge < -0.3 is 5.32 Å². The highest BCUT2D eigenvalue weighted by Crippen LogP contribution is 2.30. The average Bonchev–Trinajstić information content (AvgIpc) is 2.68. The fourth-order valence-electron chi connectivity index (χ4n) is 2.34. The van der Waals surface area contributed by atoms with Crippen LogP contribution in [0.1, 0.15) is 39.5 Å². The van der Waals surface area contributed by atoms with E-state index in [0.717, 1.165) is 19.4 Å². The van der Waals surface area contributed by atoms with Gasteiger partial charge in [0.05, 0.1) is 5.75 Å². The molecule has 1 rings (SSSR count). The summed E-state index contributed by atoms with van der Waals surface area (Å²) in [6, 6.07) is 0. The molecule has 17 heavy (non-hydrogen) atoms. The lowest BCUT2D eigenvalue weighted by atomic mass is 9.99. The van der Waals surface area contributed by atoms with E-state index >= 15 is 0 Å². The number of hydrogen-bond acceptors (Lipinski definition) is 3. The van der Waals surface area contributed by atoms with Crippen molar-refractivity contribution in [1.82, 2.24) is 10.0 Å². The molecule has 5 heteroatoms. The van der Waals surface area contributed by atoms with E-state index in [9.17, 15) is 8.42 Å². The predicted molar refractivity (Wildman–Crippen MR) is 71.5 cm³/mol. The summed E-state index contributed by atoms with van der Waals surface area (Å²) < 4.78 is 26.2. The molecule has 2 unspecified atom stereocenters. The van der Waals surface area contributed by atoms with Gasteiger partial charge in [-0.1, -0.05) is 26.7 Å². The number of hydrogen-bond donors (Lipinski definition) is 2. The first-order valence-electron chi connectivity index (χ1n) is 6.73. The van der Waals surface area contributed by atoms with Crippen molar-refractivity contribution < 1.29 is 8.42 Å². The van der Waals surface area contributed by atoms with Crippen LogP contribution in [-0.2, 0) is 10.0 Å². The summed E-state index contributed by atoms with van der Waals surface area (Å²) in [5.41, 5.74) is 0. The van der Waals surface area contributed by atoms with Gasteiger partial charge in [-0.25, -0.2) is 13.1 Å². The molecule has 4 nitrogen and oxygen atoms in total. The normalized spacial score (nSPS) is 25.3.